The van der Waals surface area contributed by atoms with Gasteiger partial charge >= 0.3 is 0 Å². The van der Waals surface area contributed by atoms with Crippen molar-refractivity contribution >= 4 is 33.9 Å². The van der Waals surface area contributed by atoms with Gasteiger partial charge in [-0.1, -0.05) is 58.4 Å². The van der Waals surface area contributed by atoms with Gasteiger partial charge in [0.25, 0.3) is 0 Å². The summed E-state index contributed by atoms with van der Waals surface area (Å²) in [5, 5.41) is 0. The van der Waals surface area contributed by atoms with Gasteiger partial charge in [-0.05, 0) is 28.8 Å². The molecule has 0 aromatic heterocycles. The number of Topliss-reactive ketones (excluding diaryl/α,β-unsaturated/α-hetero) is 1. The fourth-order valence-corrected chi connectivity index (χ4v) is 2.64. The Labute approximate surface area is 114 Å². The molecular weight excluding hydrogens is 288 g/mol. The average molecular weight is 299 g/mol. The molecular formula is C16H11BrO. The number of rotatable bonds is 0. The van der Waals surface area contributed by atoms with E-state index in [1.54, 1.807) is 0 Å². The first-order valence-corrected chi connectivity index (χ1v) is 6.62. The number of carbonyl (C=O) groups is 1. The first-order chi connectivity index (χ1) is 8.74. The third kappa shape index (κ3) is 2.04. The quantitative estimate of drug-likeness (QED) is 0.706. The predicted octanol–water partition coefficient (Wildman–Crippen LogP) is 4.36. The van der Waals surface area contributed by atoms with Crippen LogP contribution in [0, 0.1) is 0 Å². The van der Waals surface area contributed by atoms with E-state index in [2.05, 4.69) is 22.0 Å². The maximum atomic E-state index is 12.3. The van der Waals surface area contributed by atoms with Crippen LogP contribution in [0.25, 0.3) is 12.2 Å². The number of hydrogen-bond acceptors (Lipinski definition) is 1. The number of benzene rings is 2. The summed E-state index contributed by atoms with van der Waals surface area (Å²) in [6, 6.07) is 13.8. The van der Waals surface area contributed by atoms with E-state index < -0.39 is 0 Å². The maximum absolute atomic E-state index is 12.3. The SMILES string of the molecule is O=C1Cc2cc(Br)ccc2/C=C\c2ccccc21. The topological polar surface area (TPSA) is 17.1 Å². The molecule has 3 rings (SSSR count). The summed E-state index contributed by atoms with van der Waals surface area (Å²) in [5.41, 5.74) is 3.98. The van der Waals surface area contributed by atoms with Crippen molar-refractivity contribution in [2.75, 3.05) is 0 Å². The van der Waals surface area contributed by atoms with Gasteiger partial charge < -0.3 is 0 Å². The van der Waals surface area contributed by atoms with Gasteiger partial charge in [-0.25, -0.2) is 0 Å². The lowest BCUT2D eigenvalue weighted by Gasteiger charge is -2.12. The highest BCUT2D eigenvalue weighted by atomic mass is 79.9. The molecule has 0 N–H and O–H groups in total. The zero-order valence-electron chi connectivity index (χ0n) is 9.69. The van der Waals surface area contributed by atoms with Crippen molar-refractivity contribution in [3.63, 3.8) is 0 Å². The van der Waals surface area contributed by atoms with Crippen molar-refractivity contribution in [1.82, 2.24) is 0 Å². The zero-order valence-corrected chi connectivity index (χ0v) is 11.3. The van der Waals surface area contributed by atoms with Gasteiger partial charge in [0, 0.05) is 16.5 Å². The molecule has 0 saturated heterocycles. The van der Waals surface area contributed by atoms with Crippen LogP contribution in [0.2, 0.25) is 0 Å². The summed E-state index contributed by atoms with van der Waals surface area (Å²) in [6.45, 7) is 0. The lowest BCUT2D eigenvalue weighted by molar-refractivity contribution is 0.0992. The second-order valence-corrected chi connectivity index (χ2v) is 5.28. The zero-order chi connectivity index (χ0) is 12.5. The summed E-state index contributed by atoms with van der Waals surface area (Å²) in [5.74, 6) is 0.175. The summed E-state index contributed by atoms with van der Waals surface area (Å²) < 4.78 is 1.01. The Morgan fingerprint density at radius 1 is 0.944 bits per heavy atom. The molecule has 1 nitrogen and oxygen atoms in total. The molecule has 2 aromatic rings. The van der Waals surface area contributed by atoms with Crippen molar-refractivity contribution in [3.8, 4) is 0 Å². The molecule has 0 fully saturated rings. The molecule has 0 bridgehead atoms. The molecule has 0 atom stereocenters. The molecule has 2 heteroatoms. The monoisotopic (exact) mass is 298 g/mol. The fraction of sp³-hybridized carbons (Fsp3) is 0.0625. The van der Waals surface area contributed by atoms with Gasteiger partial charge in [0.2, 0.25) is 0 Å². The van der Waals surface area contributed by atoms with Gasteiger partial charge in [-0.15, -0.1) is 0 Å². The van der Waals surface area contributed by atoms with Crippen molar-refractivity contribution in [2.24, 2.45) is 0 Å². The standard InChI is InChI=1S/C16H11BrO/c17-14-8-7-11-5-6-12-3-1-2-4-15(12)16(18)10-13(11)9-14/h1-9H,10H2/b6-5-. The molecule has 0 aliphatic heterocycles. The summed E-state index contributed by atoms with van der Waals surface area (Å²) in [7, 11) is 0. The van der Waals surface area contributed by atoms with Crippen LogP contribution in [0.1, 0.15) is 27.0 Å². The molecule has 0 unspecified atom stereocenters. The lowest BCUT2D eigenvalue weighted by Crippen LogP contribution is -2.08. The summed E-state index contributed by atoms with van der Waals surface area (Å²) in [6.07, 6.45) is 4.54. The molecule has 1 aliphatic rings. The third-order valence-corrected chi connectivity index (χ3v) is 3.65. The van der Waals surface area contributed by atoms with Crippen LogP contribution in [0.4, 0.5) is 0 Å². The highest BCUT2D eigenvalue weighted by Gasteiger charge is 2.14. The van der Waals surface area contributed by atoms with Crippen LogP contribution >= 0.6 is 15.9 Å². The normalized spacial score (nSPS) is 15.3. The molecule has 0 radical (unpaired) electrons. The van der Waals surface area contributed by atoms with Crippen molar-refractivity contribution < 1.29 is 4.79 Å². The van der Waals surface area contributed by atoms with Gasteiger partial charge in [0.1, 0.15) is 0 Å². The predicted molar refractivity (Wildman–Crippen MR) is 77.5 cm³/mol. The first-order valence-electron chi connectivity index (χ1n) is 5.83. The van der Waals surface area contributed by atoms with Crippen molar-refractivity contribution in [1.29, 1.82) is 0 Å². The second-order valence-electron chi connectivity index (χ2n) is 4.36. The van der Waals surface area contributed by atoms with E-state index in [0.717, 1.165) is 26.7 Å². The molecule has 0 amide bonds. The molecule has 2 aromatic carbocycles. The third-order valence-electron chi connectivity index (χ3n) is 3.16. The second kappa shape index (κ2) is 4.54. The van der Waals surface area contributed by atoms with Gasteiger partial charge in [0.05, 0.1) is 0 Å². The Kier molecular flexibility index (Phi) is 2.88. The van der Waals surface area contributed by atoms with Crippen LogP contribution in [0.3, 0.4) is 0 Å². The van der Waals surface area contributed by atoms with E-state index >= 15 is 0 Å². The van der Waals surface area contributed by atoms with E-state index in [0.29, 0.717) is 6.42 Å². The highest BCUT2D eigenvalue weighted by Crippen LogP contribution is 2.24. The summed E-state index contributed by atoms with van der Waals surface area (Å²) >= 11 is 3.45. The number of ketones is 1. The number of hydrogen-bond donors (Lipinski definition) is 0. The van der Waals surface area contributed by atoms with E-state index in [1.807, 2.05) is 48.5 Å². The van der Waals surface area contributed by atoms with Crippen LogP contribution in [0.15, 0.2) is 46.9 Å². The highest BCUT2D eigenvalue weighted by molar-refractivity contribution is 9.10. The first kappa shape index (κ1) is 11.4. The Hall–Kier alpha value is -1.67. The molecule has 0 spiro atoms. The van der Waals surface area contributed by atoms with Crippen LogP contribution in [0.5, 0.6) is 0 Å². The number of halogens is 1. The molecule has 0 saturated carbocycles. The van der Waals surface area contributed by atoms with E-state index in [-0.39, 0.29) is 5.78 Å². The average Bonchev–Trinajstić information content (AvgIpc) is 2.36. The Bertz CT molecular complexity index is 656. The van der Waals surface area contributed by atoms with E-state index in [1.165, 1.54) is 0 Å². The number of carbonyl (C=O) groups excluding carboxylic acids is 1. The molecule has 88 valence electrons. The molecule has 1 aliphatic carbocycles. The Balaban J connectivity index is 2.18. The minimum absolute atomic E-state index is 0.175. The van der Waals surface area contributed by atoms with Crippen molar-refractivity contribution in [3.05, 3.63) is 69.2 Å². The van der Waals surface area contributed by atoms with Gasteiger partial charge in [0.15, 0.2) is 5.78 Å². The fourth-order valence-electron chi connectivity index (χ4n) is 2.23. The van der Waals surface area contributed by atoms with Gasteiger partial charge in [-0.2, -0.15) is 0 Å². The van der Waals surface area contributed by atoms with Crippen LogP contribution in [-0.4, -0.2) is 5.78 Å². The molecule has 0 heterocycles. The smallest absolute Gasteiger partial charge is 0.167 e. The lowest BCUT2D eigenvalue weighted by atomic mass is 9.92. The van der Waals surface area contributed by atoms with Gasteiger partial charge in [-0.3, -0.25) is 4.79 Å². The minimum atomic E-state index is 0.175. The summed E-state index contributed by atoms with van der Waals surface area (Å²) in [4.78, 5) is 12.3. The molecule has 18 heavy (non-hydrogen) atoms. The van der Waals surface area contributed by atoms with Crippen LogP contribution < -0.4 is 0 Å². The van der Waals surface area contributed by atoms with E-state index in [4.69, 9.17) is 0 Å². The largest absolute Gasteiger partial charge is 0.294 e. The Morgan fingerprint density at radius 2 is 1.72 bits per heavy atom. The maximum Gasteiger partial charge on any atom is 0.167 e. The minimum Gasteiger partial charge on any atom is -0.294 e. The Morgan fingerprint density at radius 3 is 2.61 bits per heavy atom. The number of fused-ring (bicyclic) bond motifs is 2. The van der Waals surface area contributed by atoms with E-state index in [9.17, 15) is 4.79 Å². The van der Waals surface area contributed by atoms with Crippen molar-refractivity contribution in [2.45, 2.75) is 6.42 Å². The van der Waals surface area contributed by atoms with Crippen LogP contribution in [-0.2, 0) is 6.42 Å².